The maximum atomic E-state index is 12.5. The van der Waals surface area contributed by atoms with E-state index in [-0.39, 0.29) is 10.8 Å². The highest BCUT2D eigenvalue weighted by molar-refractivity contribution is 7.89. The molecule has 0 radical (unpaired) electrons. The molecule has 7 nitrogen and oxygen atoms in total. The van der Waals surface area contributed by atoms with Gasteiger partial charge in [-0.15, -0.1) is 0 Å². The largest absolute Gasteiger partial charge is 0.493 e. The number of amides is 1. The summed E-state index contributed by atoms with van der Waals surface area (Å²) in [5, 5.41) is 2.89. The van der Waals surface area contributed by atoms with Gasteiger partial charge in [0, 0.05) is 19.5 Å². The number of benzene rings is 3. The summed E-state index contributed by atoms with van der Waals surface area (Å²) in [6.07, 6.45) is 1.44. The minimum absolute atomic E-state index is 0.0888. The van der Waals surface area contributed by atoms with Crippen molar-refractivity contribution in [2.75, 3.05) is 20.8 Å². The second kappa shape index (κ2) is 12.2. The van der Waals surface area contributed by atoms with E-state index in [1.807, 2.05) is 42.5 Å². The fourth-order valence-electron chi connectivity index (χ4n) is 3.43. The zero-order valence-electron chi connectivity index (χ0n) is 19.4. The van der Waals surface area contributed by atoms with E-state index in [1.165, 1.54) is 0 Å². The van der Waals surface area contributed by atoms with Crippen LogP contribution in [0.25, 0.3) is 0 Å². The number of sulfonamides is 1. The summed E-state index contributed by atoms with van der Waals surface area (Å²) >= 11 is 0. The third-order valence-corrected chi connectivity index (χ3v) is 6.84. The number of hydrogen-bond acceptors (Lipinski definition) is 5. The molecule has 0 unspecified atom stereocenters. The number of hydrogen-bond donors (Lipinski definition) is 2. The number of rotatable bonds is 12. The maximum Gasteiger partial charge on any atom is 0.240 e. The SMILES string of the molecule is COc1ccc(CNC(=O)CCc2ccc(S(=O)(=O)NCCc3ccccc3)cc2)cc1OC. The van der Waals surface area contributed by atoms with E-state index >= 15 is 0 Å². The average molecular weight is 483 g/mol. The molecule has 3 aromatic carbocycles. The second-order valence-corrected chi connectivity index (χ2v) is 9.51. The Kier molecular flexibility index (Phi) is 9.07. The summed E-state index contributed by atoms with van der Waals surface area (Å²) in [6, 6.07) is 21.8. The highest BCUT2D eigenvalue weighted by Crippen LogP contribution is 2.27. The van der Waals surface area contributed by atoms with Crippen LogP contribution >= 0.6 is 0 Å². The molecular formula is C26H30N2O5S. The van der Waals surface area contributed by atoms with Crippen LogP contribution in [0.2, 0.25) is 0 Å². The van der Waals surface area contributed by atoms with Crippen LogP contribution in [0.3, 0.4) is 0 Å². The van der Waals surface area contributed by atoms with Crippen LogP contribution in [0.4, 0.5) is 0 Å². The molecule has 180 valence electrons. The van der Waals surface area contributed by atoms with E-state index in [2.05, 4.69) is 10.0 Å². The molecule has 1 amide bonds. The van der Waals surface area contributed by atoms with Crippen molar-refractivity contribution in [2.45, 2.75) is 30.7 Å². The lowest BCUT2D eigenvalue weighted by Gasteiger charge is -2.10. The Morgan fingerprint density at radius 3 is 2.12 bits per heavy atom. The molecule has 8 heteroatoms. The lowest BCUT2D eigenvalue weighted by Crippen LogP contribution is -2.26. The number of nitrogens with one attached hydrogen (secondary N) is 2. The smallest absolute Gasteiger partial charge is 0.240 e. The highest BCUT2D eigenvalue weighted by Gasteiger charge is 2.13. The van der Waals surface area contributed by atoms with Crippen LogP contribution in [0.1, 0.15) is 23.1 Å². The van der Waals surface area contributed by atoms with Gasteiger partial charge in [0.25, 0.3) is 0 Å². The van der Waals surface area contributed by atoms with Gasteiger partial charge in [-0.05, 0) is 53.8 Å². The summed E-state index contributed by atoms with van der Waals surface area (Å²) in [6.45, 7) is 0.708. The molecule has 3 rings (SSSR count). The van der Waals surface area contributed by atoms with E-state index in [9.17, 15) is 13.2 Å². The Balaban J connectivity index is 1.45. The van der Waals surface area contributed by atoms with Gasteiger partial charge in [0.1, 0.15) is 0 Å². The summed E-state index contributed by atoms with van der Waals surface area (Å²) in [4.78, 5) is 12.5. The molecule has 0 atom stereocenters. The average Bonchev–Trinajstić information content (AvgIpc) is 2.86. The van der Waals surface area contributed by atoms with Gasteiger partial charge >= 0.3 is 0 Å². The van der Waals surface area contributed by atoms with E-state index in [1.54, 1.807) is 44.6 Å². The molecule has 0 aliphatic rings. The Morgan fingerprint density at radius 2 is 1.44 bits per heavy atom. The van der Waals surface area contributed by atoms with Gasteiger partial charge in [-0.3, -0.25) is 4.79 Å². The van der Waals surface area contributed by atoms with Crippen molar-refractivity contribution in [2.24, 2.45) is 0 Å². The van der Waals surface area contributed by atoms with E-state index in [0.29, 0.717) is 43.9 Å². The summed E-state index contributed by atoms with van der Waals surface area (Å²) in [7, 11) is -0.437. The molecule has 0 saturated heterocycles. The lowest BCUT2D eigenvalue weighted by molar-refractivity contribution is -0.121. The molecule has 0 aliphatic heterocycles. The van der Waals surface area contributed by atoms with Crippen LogP contribution in [-0.4, -0.2) is 35.1 Å². The van der Waals surface area contributed by atoms with E-state index in [4.69, 9.17) is 9.47 Å². The zero-order valence-corrected chi connectivity index (χ0v) is 20.2. The van der Waals surface area contributed by atoms with Crippen molar-refractivity contribution in [3.05, 3.63) is 89.5 Å². The van der Waals surface area contributed by atoms with Gasteiger partial charge < -0.3 is 14.8 Å². The highest BCUT2D eigenvalue weighted by atomic mass is 32.2. The Labute approximate surface area is 201 Å². The fraction of sp³-hybridized carbons (Fsp3) is 0.269. The summed E-state index contributed by atoms with van der Waals surface area (Å²) in [5.74, 6) is 1.15. The van der Waals surface area contributed by atoms with Gasteiger partial charge in [0.15, 0.2) is 11.5 Å². The van der Waals surface area contributed by atoms with Gasteiger partial charge in [-0.25, -0.2) is 13.1 Å². The molecule has 0 heterocycles. The van der Waals surface area contributed by atoms with Gasteiger partial charge in [-0.1, -0.05) is 48.5 Å². The zero-order chi connectivity index (χ0) is 24.4. The lowest BCUT2D eigenvalue weighted by atomic mass is 10.1. The number of methoxy groups -OCH3 is 2. The molecule has 0 aromatic heterocycles. The van der Waals surface area contributed by atoms with Crippen molar-refractivity contribution >= 4 is 15.9 Å². The fourth-order valence-corrected chi connectivity index (χ4v) is 4.46. The molecule has 2 N–H and O–H groups in total. The minimum atomic E-state index is -3.58. The number of aryl methyl sites for hydroxylation is 1. The molecular weight excluding hydrogens is 452 g/mol. The predicted molar refractivity (Wildman–Crippen MR) is 131 cm³/mol. The maximum absolute atomic E-state index is 12.5. The summed E-state index contributed by atoms with van der Waals surface area (Å²) < 4.78 is 38.2. The van der Waals surface area contributed by atoms with Crippen molar-refractivity contribution in [3.63, 3.8) is 0 Å². The molecule has 0 saturated carbocycles. The first kappa shape index (κ1) is 25.3. The molecule has 0 spiro atoms. The third kappa shape index (κ3) is 7.33. The molecule has 3 aromatic rings. The topological polar surface area (TPSA) is 93.7 Å². The standard InChI is InChI=1S/C26H30N2O5S/c1-32-24-14-10-22(18-25(24)33-2)19-27-26(29)15-11-21-8-12-23(13-9-21)34(30,31)28-17-16-20-6-4-3-5-7-20/h3-10,12-14,18,28H,11,15-17,19H2,1-2H3,(H,27,29). The van der Waals surface area contributed by atoms with Crippen molar-refractivity contribution in [1.82, 2.24) is 10.0 Å². The first-order chi connectivity index (χ1) is 16.4. The Hall–Kier alpha value is -3.36. The Bertz CT molecular complexity index is 1180. The molecule has 0 aliphatic carbocycles. The van der Waals surface area contributed by atoms with Gasteiger partial charge in [0.2, 0.25) is 15.9 Å². The first-order valence-corrected chi connectivity index (χ1v) is 12.5. The first-order valence-electron chi connectivity index (χ1n) is 11.0. The number of ether oxygens (including phenoxy) is 2. The van der Waals surface area contributed by atoms with Crippen LogP contribution < -0.4 is 19.5 Å². The van der Waals surface area contributed by atoms with Gasteiger partial charge in [-0.2, -0.15) is 0 Å². The van der Waals surface area contributed by atoms with Crippen LogP contribution in [0, 0.1) is 0 Å². The van der Waals surface area contributed by atoms with E-state index < -0.39 is 10.0 Å². The molecule has 0 fully saturated rings. The van der Waals surface area contributed by atoms with Crippen molar-refractivity contribution in [1.29, 1.82) is 0 Å². The van der Waals surface area contributed by atoms with Crippen LogP contribution in [0.15, 0.2) is 77.7 Å². The van der Waals surface area contributed by atoms with Crippen molar-refractivity contribution in [3.8, 4) is 11.5 Å². The molecule has 0 bridgehead atoms. The van der Waals surface area contributed by atoms with Crippen LogP contribution in [0.5, 0.6) is 11.5 Å². The molecule has 34 heavy (non-hydrogen) atoms. The van der Waals surface area contributed by atoms with E-state index in [0.717, 1.165) is 16.7 Å². The monoisotopic (exact) mass is 482 g/mol. The normalized spacial score (nSPS) is 11.1. The van der Waals surface area contributed by atoms with Gasteiger partial charge in [0.05, 0.1) is 19.1 Å². The Morgan fingerprint density at radius 1 is 0.794 bits per heavy atom. The summed E-state index contributed by atoms with van der Waals surface area (Å²) in [5.41, 5.74) is 2.87. The van der Waals surface area contributed by atoms with Crippen molar-refractivity contribution < 1.29 is 22.7 Å². The quantitative estimate of drug-likeness (QED) is 0.412. The second-order valence-electron chi connectivity index (χ2n) is 7.74. The minimum Gasteiger partial charge on any atom is -0.493 e. The third-order valence-electron chi connectivity index (χ3n) is 5.36. The number of carbonyl (C=O) groups is 1. The number of carbonyl (C=O) groups excluding carboxylic acids is 1. The van der Waals surface area contributed by atoms with Crippen LogP contribution in [-0.2, 0) is 34.2 Å². The predicted octanol–water partition coefficient (Wildman–Crippen LogP) is 3.47.